The Morgan fingerprint density at radius 3 is 3.00 bits per heavy atom. The van der Waals surface area contributed by atoms with Gasteiger partial charge >= 0.3 is 0 Å². The van der Waals surface area contributed by atoms with E-state index < -0.39 is 0 Å². The Labute approximate surface area is 99.5 Å². The lowest BCUT2D eigenvalue weighted by molar-refractivity contribution is 0.0980. The van der Waals surface area contributed by atoms with Crippen LogP contribution in [0.15, 0.2) is 0 Å². The van der Waals surface area contributed by atoms with Crippen LogP contribution in [0.1, 0.15) is 38.5 Å². The second-order valence-corrected chi connectivity index (χ2v) is 5.17. The summed E-state index contributed by atoms with van der Waals surface area (Å²) in [6.45, 7) is 4.72. The SMILES string of the molecule is CNCC1CCCN1CCCC1CCCO1. The van der Waals surface area contributed by atoms with E-state index in [-0.39, 0.29) is 0 Å². The maximum absolute atomic E-state index is 5.66. The summed E-state index contributed by atoms with van der Waals surface area (Å²) >= 11 is 0. The van der Waals surface area contributed by atoms with E-state index in [1.807, 2.05) is 0 Å². The second kappa shape index (κ2) is 6.58. The number of rotatable bonds is 6. The number of likely N-dealkylation sites (N-methyl/N-ethyl adjacent to an activating group) is 1. The number of hydrogen-bond donors (Lipinski definition) is 1. The van der Waals surface area contributed by atoms with Crippen molar-refractivity contribution in [1.82, 2.24) is 10.2 Å². The third-order valence-electron chi connectivity index (χ3n) is 3.93. The van der Waals surface area contributed by atoms with Crippen molar-refractivity contribution < 1.29 is 4.74 Å². The lowest BCUT2D eigenvalue weighted by Crippen LogP contribution is -2.37. The molecule has 1 N–H and O–H groups in total. The van der Waals surface area contributed by atoms with Gasteiger partial charge < -0.3 is 10.1 Å². The summed E-state index contributed by atoms with van der Waals surface area (Å²) in [5.74, 6) is 0. The predicted molar refractivity (Wildman–Crippen MR) is 66.7 cm³/mol. The monoisotopic (exact) mass is 226 g/mol. The van der Waals surface area contributed by atoms with Gasteiger partial charge in [0.05, 0.1) is 6.10 Å². The van der Waals surface area contributed by atoms with Crippen molar-refractivity contribution in [2.75, 3.05) is 33.3 Å². The highest BCUT2D eigenvalue weighted by atomic mass is 16.5. The molecular formula is C13H26N2O. The van der Waals surface area contributed by atoms with Crippen LogP contribution in [-0.4, -0.2) is 50.3 Å². The summed E-state index contributed by atoms with van der Waals surface area (Å²) in [4.78, 5) is 2.66. The Kier molecular flexibility index (Phi) is 5.07. The Hall–Kier alpha value is -0.120. The molecule has 2 atom stereocenters. The fraction of sp³-hybridized carbons (Fsp3) is 1.00. The summed E-state index contributed by atoms with van der Waals surface area (Å²) in [5, 5.41) is 3.30. The summed E-state index contributed by atoms with van der Waals surface area (Å²) in [5.41, 5.74) is 0. The lowest BCUT2D eigenvalue weighted by atomic mass is 10.1. The van der Waals surface area contributed by atoms with Gasteiger partial charge in [-0.05, 0) is 58.7 Å². The molecule has 3 nitrogen and oxygen atoms in total. The largest absolute Gasteiger partial charge is 0.378 e. The normalized spacial score (nSPS) is 31.3. The molecule has 2 aliphatic heterocycles. The maximum Gasteiger partial charge on any atom is 0.0576 e. The number of ether oxygens (including phenoxy) is 1. The first-order valence-electron chi connectivity index (χ1n) is 6.90. The third kappa shape index (κ3) is 3.44. The second-order valence-electron chi connectivity index (χ2n) is 5.17. The minimum Gasteiger partial charge on any atom is -0.378 e. The fourth-order valence-corrected chi connectivity index (χ4v) is 3.05. The highest BCUT2D eigenvalue weighted by Crippen LogP contribution is 2.20. The number of hydrogen-bond acceptors (Lipinski definition) is 3. The van der Waals surface area contributed by atoms with E-state index in [0.29, 0.717) is 6.10 Å². The van der Waals surface area contributed by atoms with Crippen LogP contribution in [0.4, 0.5) is 0 Å². The van der Waals surface area contributed by atoms with Crippen LogP contribution in [0.2, 0.25) is 0 Å². The van der Waals surface area contributed by atoms with Crippen molar-refractivity contribution in [2.45, 2.75) is 50.7 Å². The molecule has 0 saturated carbocycles. The third-order valence-corrected chi connectivity index (χ3v) is 3.93. The van der Waals surface area contributed by atoms with Gasteiger partial charge in [0.2, 0.25) is 0 Å². The molecule has 0 radical (unpaired) electrons. The Balaban J connectivity index is 1.60. The Bertz CT molecular complexity index is 192. The molecule has 2 fully saturated rings. The average Bonchev–Trinajstić information content (AvgIpc) is 2.91. The average molecular weight is 226 g/mol. The van der Waals surface area contributed by atoms with Crippen molar-refractivity contribution in [2.24, 2.45) is 0 Å². The predicted octanol–water partition coefficient (Wildman–Crippen LogP) is 1.63. The van der Waals surface area contributed by atoms with E-state index in [1.165, 1.54) is 51.6 Å². The van der Waals surface area contributed by atoms with Gasteiger partial charge in [-0.2, -0.15) is 0 Å². The van der Waals surface area contributed by atoms with E-state index in [1.54, 1.807) is 0 Å². The lowest BCUT2D eigenvalue weighted by Gasteiger charge is -2.24. The topological polar surface area (TPSA) is 24.5 Å². The molecule has 0 bridgehead atoms. The van der Waals surface area contributed by atoms with Crippen LogP contribution in [0.3, 0.4) is 0 Å². The van der Waals surface area contributed by atoms with Gasteiger partial charge in [0.25, 0.3) is 0 Å². The molecule has 2 heterocycles. The summed E-state index contributed by atoms with van der Waals surface area (Å²) in [7, 11) is 2.06. The molecule has 16 heavy (non-hydrogen) atoms. The number of nitrogens with zero attached hydrogens (tertiary/aromatic N) is 1. The fourth-order valence-electron chi connectivity index (χ4n) is 3.05. The van der Waals surface area contributed by atoms with E-state index in [4.69, 9.17) is 4.74 Å². The molecule has 0 aromatic heterocycles. The first-order chi connectivity index (χ1) is 7.90. The van der Waals surface area contributed by atoms with Gasteiger partial charge in [-0.25, -0.2) is 0 Å². The molecule has 2 rings (SSSR count). The summed E-state index contributed by atoms with van der Waals surface area (Å²) in [6, 6.07) is 0.787. The zero-order chi connectivity index (χ0) is 11.2. The summed E-state index contributed by atoms with van der Waals surface area (Å²) in [6.07, 6.45) is 8.47. The summed E-state index contributed by atoms with van der Waals surface area (Å²) < 4.78 is 5.66. The van der Waals surface area contributed by atoms with Gasteiger partial charge in [-0.15, -0.1) is 0 Å². The van der Waals surface area contributed by atoms with Gasteiger partial charge in [0.1, 0.15) is 0 Å². The van der Waals surface area contributed by atoms with Crippen molar-refractivity contribution in [3.63, 3.8) is 0 Å². The first kappa shape index (κ1) is 12.3. The van der Waals surface area contributed by atoms with Crippen LogP contribution < -0.4 is 5.32 Å². The number of nitrogens with one attached hydrogen (secondary N) is 1. The molecule has 2 aliphatic rings. The highest BCUT2D eigenvalue weighted by molar-refractivity contribution is 4.80. The van der Waals surface area contributed by atoms with Crippen molar-refractivity contribution >= 4 is 0 Å². The molecule has 0 spiro atoms. The van der Waals surface area contributed by atoms with Crippen LogP contribution in [0.25, 0.3) is 0 Å². The standard InChI is InChI=1S/C13H26N2O/c1-14-11-12-5-2-8-15(12)9-3-6-13-7-4-10-16-13/h12-14H,2-11H2,1H3. The molecule has 0 aromatic carbocycles. The first-order valence-corrected chi connectivity index (χ1v) is 6.90. The Morgan fingerprint density at radius 2 is 2.25 bits per heavy atom. The Morgan fingerprint density at radius 1 is 1.31 bits per heavy atom. The molecule has 0 amide bonds. The van der Waals surface area contributed by atoms with Crippen LogP contribution in [0.5, 0.6) is 0 Å². The van der Waals surface area contributed by atoms with Crippen LogP contribution in [0, 0.1) is 0 Å². The number of likely N-dealkylation sites (tertiary alicyclic amines) is 1. The van der Waals surface area contributed by atoms with E-state index in [9.17, 15) is 0 Å². The molecule has 0 aliphatic carbocycles. The van der Waals surface area contributed by atoms with Gasteiger partial charge in [0, 0.05) is 19.2 Å². The van der Waals surface area contributed by atoms with Crippen LogP contribution >= 0.6 is 0 Å². The van der Waals surface area contributed by atoms with E-state index >= 15 is 0 Å². The zero-order valence-electron chi connectivity index (χ0n) is 10.6. The maximum atomic E-state index is 5.66. The van der Waals surface area contributed by atoms with Crippen molar-refractivity contribution in [3.05, 3.63) is 0 Å². The molecule has 0 aromatic rings. The zero-order valence-corrected chi connectivity index (χ0v) is 10.6. The minimum atomic E-state index is 0.574. The quantitative estimate of drug-likeness (QED) is 0.745. The minimum absolute atomic E-state index is 0.574. The smallest absolute Gasteiger partial charge is 0.0576 e. The highest BCUT2D eigenvalue weighted by Gasteiger charge is 2.23. The van der Waals surface area contributed by atoms with Crippen molar-refractivity contribution in [1.29, 1.82) is 0 Å². The van der Waals surface area contributed by atoms with Crippen molar-refractivity contribution in [3.8, 4) is 0 Å². The molecule has 3 heteroatoms. The molecule has 2 saturated heterocycles. The van der Waals surface area contributed by atoms with Gasteiger partial charge in [0.15, 0.2) is 0 Å². The van der Waals surface area contributed by atoms with E-state index in [2.05, 4.69) is 17.3 Å². The molecule has 2 unspecified atom stereocenters. The molecule has 94 valence electrons. The van der Waals surface area contributed by atoms with Gasteiger partial charge in [-0.1, -0.05) is 0 Å². The van der Waals surface area contributed by atoms with Gasteiger partial charge in [-0.3, -0.25) is 4.90 Å². The molecular weight excluding hydrogens is 200 g/mol. The van der Waals surface area contributed by atoms with Crippen LogP contribution in [-0.2, 0) is 4.74 Å². The van der Waals surface area contributed by atoms with E-state index in [0.717, 1.165) is 19.2 Å².